The molecule has 2 aromatic carbocycles. The van der Waals surface area contributed by atoms with E-state index in [4.69, 9.17) is 15.2 Å². The van der Waals surface area contributed by atoms with E-state index < -0.39 is 23.8 Å². The summed E-state index contributed by atoms with van der Waals surface area (Å²) in [6, 6.07) is 10.4. The van der Waals surface area contributed by atoms with E-state index in [0.717, 1.165) is 6.07 Å². The van der Waals surface area contributed by atoms with Crippen molar-refractivity contribution in [2.45, 2.75) is 19.2 Å². The zero-order valence-electron chi connectivity index (χ0n) is 14.5. The number of nitrogens with two attached hydrogens (primary N) is 1. The standard InChI is InChI=1S/C18H17F3N2O4/c1-11(16(24)23-17(22)25-2)26-12-7-9-13(10-8-12)27-15-6-4-3-5-14(15)18(19,20)21/h3-11H,1-2H3,(H2,22,23,24). The first-order valence-corrected chi connectivity index (χ1v) is 7.73. The molecular weight excluding hydrogens is 365 g/mol. The molecule has 0 aliphatic heterocycles. The van der Waals surface area contributed by atoms with Gasteiger partial charge in [0.25, 0.3) is 11.9 Å². The number of methoxy groups -OCH3 is 1. The second kappa shape index (κ2) is 8.43. The smallest absolute Gasteiger partial charge is 0.419 e. The fourth-order valence-corrected chi connectivity index (χ4v) is 2.00. The van der Waals surface area contributed by atoms with E-state index in [2.05, 4.69) is 9.73 Å². The van der Waals surface area contributed by atoms with Crippen molar-refractivity contribution in [3.63, 3.8) is 0 Å². The molecule has 9 heteroatoms. The average Bonchev–Trinajstić information content (AvgIpc) is 2.62. The normalized spacial score (nSPS) is 13.0. The Hall–Kier alpha value is -3.23. The minimum atomic E-state index is -4.53. The molecule has 0 aliphatic carbocycles. The van der Waals surface area contributed by atoms with Crippen molar-refractivity contribution >= 4 is 11.9 Å². The van der Waals surface area contributed by atoms with Crippen LogP contribution in [0.4, 0.5) is 13.2 Å². The largest absolute Gasteiger partial charge is 0.481 e. The van der Waals surface area contributed by atoms with Gasteiger partial charge in [0, 0.05) is 0 Å². The number of nitrogens with zero attached hydrogens (tertiary/aromatic N) is 1. The maximum Gasteiger partial charge on any atom is 0.419 e. The summed E-state index contributed by atoms with van der Waals surface area (Å²) in [5.74, 6) is -0.474. The Morgan fingerprint density at radius 1 is 1.07 bits per heavy atom. The van der Waals surface area contributed by atoms with Gasteiger partial charge in [-0.1, -0.05) is 12.1 Å². The maximum absolute atomic E-state index is 13.0. The van der Waals surface area contributed by atoms with Crippen LogP contribution in [-0.2, 0) is 15.7 Å². The molecule has 0 saturated heterocycles. The molecule has 2 aromatic rings. The molecule has 0 heterocycles. The Labute approximate surface area is 153 Å². The van der Waals surface area contributed by atoms with Crippen molar-refractivity contribution in [3.8, 4) is 17.2 Å². The summed E-state index contributed by atoms with van der Waals surface area (Å²) in [6.45, 7) is 1.47. The molecule has 0 saturated carbocycles. The van der Waals surface area contributed by atoms with Crippen LogP contribution in [0.25, 0.3) is 0 Å². The second-order valence-electron chi connectivity index (χ2n) is 5.32. The number of rotatable bonds is 5. The van der Waals surface area contributed by atoms with Crippen LogP contribution in [0.5, 0.6) is 17.2 Å². The molecule has 144 valence electrons. The van der Waals surface area contributed by atoms with Gasteiger partial charge in [-0.3, -0.25) is 4.79 Å². The first kappa shape index (κ1) is 20.1. The third-order valence-corrected chi connectivity index (χ3v) is 3.33. The van der Waals surface area contributed by atoms with Crippen molar-refractivity contribution in [1.82, 2.24) is 0 Å². The zero-order valence-corrected chi connectivity index (χ0v) is 14.5. The van der Waals surface area contributed by atoms with Gasteiger partial charge in [0.2, 0.25) is 0 Å². The Kier molecular flexibility index (Phi) is 6.27. The second-order valence-corrected chi connectivity index (χ2v) is 5.32. The van der Waals surface area contributed by atoms with Gasteiger partial charge >= 0.3 is 6.18 Å². The van der Waals surface area contributed by atoms with Crippen LogP contribution in [0.2, 0.25) is 0 Å². The molecule has 0 fully saturated rings. The summed E-state index contributed by atoms with van der Waals surface area (Å²) in [5.41, 5.74) is 4.42. The van der Waals surface area contributed by atoms with Gasteiger partial charge in [-0.15, -0.1) is 0 Å². The summed E-state index contributed by atoms with van der Waals surface area (Å²) in [6.07, 6.45) is -5.46. The van der Waals surface area contributed by atoms with Crippen molar-refractivity contribution in [1.29, 1.82) is 0 Å². The number of carbonyl (C=O) groups is 1. The summed E-state index contributed by atoms with van der Waals surface area (Å²) in [7, 11) is 1.27. The first-order valence-electron chi connectivity index (χ1n) is 7.73. The molecular formula is C18H17F3N2O4. The average molecular weight is 382 g/mol. The topological polar surface area (TPSA) is 83.1 Å². The van der Waals surface area contributed by atoms with Crippen LogP contribution >= 0.6 is 0 Å². The van der Waals surface area contributed by atoms with Gasteiger partial charge in [0.1, 0.15) is 17.2 Å². The third kappa shape index (κ3) is 5.63. The maximum atomic E-state index is 13.0. The molecule has 0 bridgehead atoms. The number of halogens is 3. The van der Waals surface area contributed by atoms with E-state index in [9.17, 15) is 18.0 Å². The lowest BCUT2D eigenvalue weighted by atomic mass is 10.2. The van der Waals surface area contributed by atoms with E-state index in [1.807, 2.05) is 0 Å². The van der Waals surface area contributed by atoms with E-state index in [-0.39, 0.29) is 17.5 Å². The summed E-state index contributed by atoms with van der Waals surface area (Å²) in [4.78, 5) is 15.2. The third-order valence-electron chi connectivity index (χ3n) is 3.33. The Morgan fingerprint density at radius 3 is 2.26 bits per heavy atom. The van der Waals surface area contributed by atoms with E-state index >= 15 is 0 Å². The van der Waals surface area contributed by atoms with Crippen LogP contribution in [-0.4, -0.2) is 25.1 Å². The quantitative estimate of drug-likeness (QED) is 0.629. The molecule has 0 radical (unpaired) electrons. The van der Waals surface area contributed by atoms with Crippen LogP contribution in [0.15, 0.2) is 53.5 Å². The fraction of sp³-hybridized carbons (Fsp3) is 0.222. The van der Waals surface area contributed by atoms with E-state index in [0.29, 0.717) is 5.75 Å². The number of para-hydroxylation sites is 1. The van der Waals surface area contributed by atoms with Gasteiger partial charge in [-0.2, -0.15) is 18.2 Å². The highest BCUT2D eigenvalue weighted by Gasteiger charge is 2.34. The van der Waals surface area contributed by atoms with E-state index in [1.165, 1.54) is 56.5 Å². The lowest BCUT2D eigenvalue weighted by molar-refractivity contribution is -0.138. The number of aliphatic imine (C=N–C) groups is 1. The zero-order chi connectivity index (χ0) is 20.0. The van der Waals surface area contributed by atoms with Gasteiger partial charge in [0.15, 0.2) is 6.10 Å². The lowest BCUT2D eigenvalue weighted by Gasteiger charge is -2.14. The minimum Gasteiger partial charge on any atom is -0.481 e. The highest BCUT2D eigenvalue weighted by atomic mass is 19.4. The van der Waals surface area contributed by atoms with Gasteiger partial charge in [-0.25, -0.2) is 0 Å². The van der Waals surface area contributed by atoms with Crippen LogP contribution in [0.1, 0.15) is 12.5 Å². The number of benzene rings is 2. The van der Waals surface area contributed by atoms with Crippen molar-refractivity contribution in [2.75, 3.05) is 7.11 Å². The number of hydrogen-bond acceptors (Lipinski definition) is 4. The van der Waals surface area contributed by atoms with Gasteiger partial charge in [0.05, 0.1) is 12.7 Å². The van der Waals surface area contributed by atoms with Crippen LogP contribution in [0.3, 0.4) is 0 Å². The Bertz CT molecular complexity index is 820. The number of amides is 1. The monoisotopic (exact) mass is 382 g/mol. The molecule has 0 aliphatic rings. The molecule has 0 aromatic heterocycles. The van der Waals surface area contributed by atoms with Crippen LogP contribution < -0.4 is 15.2 Å². The number of hydrogen-bond donors (Lipinski definition) is 1. The summed E-state index contributed by atoms with van der Waals surface area (Å²) >= 11 is 0. The molecule has 0 spiro atoms. The van der Waals surface area contributed by atoms with Gasteiger partial charge < -0.3 is 19.9 Å². The number of alkyl halides is 3. The number of amidine groups is 1. The van der Waals surface area contributed by atoms with E-state index in [1.54, 1.807) is 0 Å². The van der Waals surface area contributed by atoms with Crippen molar-refractivity contribution in [2.24, 2.45) is 10.7 Å². The molecule has 2 N–H and O–H groups in total. The Balaban J connectivity index is 2.07. The molecule has 6 nitrogen and oxygen atoms in total. The predicted molar refractivity (Wildman–Crippen MR) is 91.7 cm³/mol. The summed E-state index contributed by atoms with van der Waals surface area (Å²) in [5, 5.41) is 0. The highest BCUT2D eigenvalue weighted by Crippen LogP contribution is 2.38. The highest BCUT2D eigenvalue weighted by molar-refractivity contribution is 5.92. The molecule has 2 rings (SSSR count). The number of ether oxygens (including phenoxy) is 3. The summed E-state index contributed by atoms with van der Waals surface area (Å²) < 4.78 is 54.3. The van der Waals surface area contributed by atoms with Crippen LogP contribution in [0, 0.1) is 0 Å². The Morgan fingerprint density at radius 2 is 1.67 bits per heavy atom. The van der Waals surface area contributed by atoms with Crippen molar-refractivity contribution < 1.29 is 32.2 Å². The molecule has 1 unspecified atom stereocenters. The SMILES string of the molecule is COC(N)=NC(=O)C(C)Oc1ccc(Oc2ccccc2C(F)(F)F)cc1. The molecule has 1 amide bonds. The number of carbonyl (C=O) groups excluding carboxylic acids is 1. The van der Waals surface area contributed by atoms with Crippen molar-refractivity contribution in [3.05, 3.63) is 54.1 Å². The predicted octanol–water partition coefficient (Wildman–Crippen LogP) is 3.75. The molecule has 27 heavy (non-hydrogen) atoms. The first-order chi connectivity index (χ1) is 12.7. The lowest BCUT2D eigenvalue weighted by Crippen LogP contribution is -2.25. The van der Waals surface area contributed by atoms with Gasteiger partial charge in [-0.05, 0) is 43.3 Å². The minimum absolute atomic E-state index is 0.180. The molecule has 1 atom stereocenters. The fourth-order valence-electron chi connectivity index (χ4n) is 2.00.